The molecule has 0 aliphatic heterocycles. The van der Waals surface area contributed by atoms with Crippen molar-refractivity contribution in [1.82, 2.24) is 0 Å². The van der Waals surface area contributed by atoms with Crippen molar-refractivity contribution in [1.29, 1.82) is 0 Å². The maximum atomic E-state index is 11.7. The van der Waals surface area contributed by atoms with E-state index < -0.39 is 0 Å². The molecular formula is C19H41NO2. The number of carbonyl (C=O) groups is 1. The van der Waals surface area contributed by atoms with E-state index >= 15 is 0 Å². The maximum absolute atomic E-state index is 11.7. The molecule has 0 saturated heterocycles. The minimum atomic E-state index is -0.261. The largest absolute Gasteiger partial charge is 0.378 e. The lowest BCUT2D eigenvalue weighted by molar-refractivity contribution is -0.126. The maximum Gasteiger partial charge on any atom is 0.135 e. The molecule has 0 bridgehead atoms. The lowest BCUT2D eigenvalue weighted by atomic mass is 9.71. The third-order valence-electron chi connectivity index (χ3n) is 3.86. The molecule has 22 heavy (non-hydrogen) atoms. The Morgan fingerprint density at radius 1 is 1.09 bits per heavy atom. The summed E-state index contributed by atoms with van der Waals surface area (Å²) in [6.45, 7) is 21.0. The third-order valence-corrected chi connectivity index (χ3v) is 3.86. The van der Waals surface area contributed by atoms with Crippen LogP contribution in [-0.4, -0.2) is 24.0 Å². The van der Waals surface area contributed by atoms with Gasteiger partial charge in [0.05, 0.1) is 6.10 Å². The minimum absolute atomic E-state index is 0.0901. The van der Waals surface area contributed by atoms with Gasteiger partial charge in [-0.2, -0.15) is 0 Å². The Bertz CT molecular complexity index is 314. The minimum Gasteiger partial charge on any atom is -0.378 e. The van der Waals surface area contributed by atoms with Crippen molar-refractivity contribution in [2.45, 2.75) is 100 Å². The Kier molecular flexibility index (Phi) is 10.5. The SMILES string of the molecule is CC.CC(=O)C(C)(C)CC(C)(C)CC(C)OCCC(C)(C)N. The lowest BCUT2D eigenvalue weighted by Crippen LogP contribution is -2.34. The highest BCUT2D eigenvalue weighted by Crippen LogP contribution is 2.38. The fourth-order valence-electron chi connectivity index (χ4n) is 2.75. The molecule has 2 N–H and O–H groups in total. The van der Waals surface area contributed by atoms with Crippen LogP contribution in [0, 0.1) is 10.8 Å². The van der Waals surface area contributed by atoms with Gasteiger partial charge in [-0.15, -0.1) is 0 Å². The molecule has 0 aromatic heterocycles. The summed E-state index contributed by atoms with van der Waals surface area (Å²) < 4.78 is 5.86. The number of ether oxygens (including phenoxy) is 1. The molecule has 3 heteroatoms. The molecule has 134 valence electrons. The van der Waals surface area contributed by atoms with Crippen molar-refractivity contribution >= 4 is 5.78 Å². The molecule has 1 atom stereocenters. The van der Waals surface area contributed by atoms with Crippen LogP contribution >= 0.6 is 0 Å². The monoisotopic (exact) mass is 315 g/mol. The summed E-state index contributed by atoms with van der Waals surface area (Å²) in [7, 11) is 0. The van der Waals surface area contributed by atoms with Gasteiger partial charge in [-0.05, 0) is 52.4 Å². The number of hydrogen-bond acceptors (Lipinski definition) is 3. The first-order valence-electron chi connectivity index (χ1n) is 8.67. The Labute approximate surface area is 139 Å². The molecule has 0 aliphatic rings. The van der Waals surface area contributed by atoms with Crippen LogP contribution in [0.4, 0.5) is 0 Å². The molecule has 0 spiro atoms. The van der Waals surface area contributed by atoms with Crippen LogP contribution in [0.3, 0.4) is 0 Å². The first-order valence-corrected chi connectivity index (χ1v) is 8.67. The van der Waals surface area contributed by atoms with Crippen LogP contribution in [0.5, 0.6) is 0 Å². The van der Waals surface area contributed by atoms with E-state index in [1.54, 1.807) is 6.92 Å². The van der Waals surface area contributed by atoms with Gasteiger partial charge in [-0.25, -0.2) is 0 Å². The molecule has 0 aromatic carbocycles. The van der Waals surface area contributed by atoms with Gasteiger partial charge in [-0.3, -0.25) is 4.79 Å². The molecule has 0 saturated carbocycles. The van der Waals surface area contributed by atoms with E-state index in [4.69, 9.17) is 10.5 Å². The zero-order valence-corrected chi connectivity index (χ0v) is 16.8. The fraction of sp³-hybridized carbons (Fsp3) is 0.947. The van der Waals surface area contributed by atoms with E-state index in [9.17, 15) is 4.79 Å². The molecule has 0 fully saturated rings. The van der Waals surface area contributed by atoms with Crippen molar-refractivity contribution in [2.24, 2.45) is 16.6 Å². The highest BCUT2D eigenvalue weighted by molar-refractivity contribution is 5.81. The van der Waals surface area contributed by atoms with Gasteiger partial charge in [0.25, 0.3) is 0 Å². The smallest absolute Gasteiger partial charge is 0.135 e. The van der Waals surface area contributed by atoms with Crippen molar-refractivity contribution < 1.29 is 9.53 Å². The average Bonchev–Trinajstić information content (AvgIpc) is 2.27. The number of carbonyl (C=O) groups excluding carboxylic acids is 1. The first-order chi connectivity index (χ1) is 9.75. The second kappa shape index (κ2) is 9.67. The van der Waals surface area contributed by atoms with Crippen molar-refractivity contribution in [3.05, 3.63) is 0 Å². The fourth-order valence-corrected chi connectivity index (χ4v) is 2.75. The van der Waals surface area contributed by atoms with Crippen LogP contribution in [0.25, 0.3) is 0 Å². The summed E-state index contributed by atoms with van der Waals surface area (Å²) in [4.78, 5) is 11.7. The second-order valence-corrected chi connectivity index (χ2v) is 8.41. The predicted molar refractivity (Wildman–Crippen MR) is 97.1 cm³/mol. The summed E-state index contributed by atoms with van der Waals surface area (Å²) in [5.74, 6) is 0.254. The molecular weight excluding hydrogens is 274 g/mol. The Morgan fingerprint density at radius 2 is 1.55 bits per heavy atom. The first kappa shape index (κ1) is 23.9. The van der Waals surface area contributed by atoms with Crippen molar-refractivity contribution in [3.63, 3.8) is 0 Å². The van der Waals surface area contributed by atoms with E-state index in [1.165, 1.54) is 0 Å². The zero-order chi connectivity index (χ0) is 18.2. The van der Waals surface area contributed by atoms with Gasteiger partial charge in [-0.1, -0.05) is 41.5 Å². The van der Waals surface area contributed by atoms with Crippen LogP contribution < -0.4 is 5.73 Å². The van der Waals surface area contributed by atoms with Crippen molar-refractivity contribution in [3.8, 4) is 0 Å². The van der Waals surface area contributed by atoms with E-state index in [2.05, 4.69) is 20.8 Å². The Balaban J connectivity index is 0. The molecule has 3 nitrogen and oxygen atoms in total. The number of Topliss-reactive ketones (excluding diaryl/α,β-unsaturated/α-hetero) is 1. The molecule has 0 aliphatic carbocycles. The van der Waals surface area contributed by atoms with Crippen LogP contribution in [0.1, 0.15) is 88.5 Å². The van der Waals surface area contributed by atoms with Gasteiger partial charge < -0.3 is 10.5 Å². The normalized spacial score (nSPS) is 14.1. The summed E-state index contributed by atoms with van der Waals surface area (Å²) in [6, 6.07) is 0. The van der Waals surface area contributed by atoms with Gasteiger partial charge in [0.15, 0.2) is 0 Å². The molecule has 0 rings (SSSR count). The Hall–Kier alpha value is -0.410. The standard InChI is InChI=1S/C17H35NO2.C2H6/c1-13(20-10-9-17(7,8)18)11-15(3,4)12-16(5,6)14(2)19;1-2/h13H,9-12,18H2,1-8H3;1-2H3. The number of rotatable bonds is 9. The topological polar surface area (TPSA) is 52.3 Å². The van der Waals surface area contributed by atoms with Gasteiger partial charge >= 0.3 is 0 Å². The zero-order valence-electron chi connectivity index (χ0n) is 16.8. The van der Waals surface area contributed by atoms with Crippen LogP contribution in [0.2, 0.25) is 0 Å². The highest BCUT2D eigenvalue weighted by atomic mass is 16.5. The quantitative estimate of drug-likeness (QED) is 0.653. The van der Waals surface area contributed by atoms with E-state index in [0.717, 1.165) is 19.3 Å². The third kappa shape index (κ3) is 12.2. The molecule has 0 radical (unpaired) electrons. The van der Waals surface area contributed by atoms with Gasteiger partial charge in [0, 0.05) is 17.6 Å². The van der Waals surface area contributed by atoms with Crippen LogP contribution in [0.15, 0.2) is 0 Å². The summed E-state index contributed by atoms with van der Waals surface area (Å²) in [5, 5.41) is 0. The molecule has 0 aromatic rings. The second-order valence-electron chi connectivity index (χ2n) is 8.41. The van der Waals surface area contributed by atoms with E-state index in [-0.39, 0.29) is 28.3 Å². The summed E-state index contributed by atoms with van der Waals surface area (Å²) in [5.41, 5.74) is 5.60. The summed E-state index contributed by atoms with van der Waals surface area (Å²) in [6.07, 6.45) is 2.88. The van der Waals surface area contributed by atoms with Gasteiger partial charge in [0.2, 0.25) is 0 Å². The van der Waals surface area contributed by atoms with E-state index in [0.29, 0.717) is 6.61 Å². The van der Waals surface area contributed by atoms with Gasteiger partial charge in [0.1, 0.15) is 5.78 Å². The Morgan fingerprint density at radius 3 is 1.91 bits per heavy atom. The summed E-state index contributed by atoms with van der Waals surface area (Å²) >= 11 is 0. The number of ketones is 1. The number of nitrogens with two attached hydrogens (primary N) is 1. The van der Waals surface area contributed by atoms with E-state index in [1.807, 2.05) is 41.5 Å². The number of hydrogen-bond donors (Lipinski definition) is 1. The average molecular weight is 316 g/mol. The molecule has 0 amide bonds. The molecule has 1 unspecified atom stereocenters. The highest BCUT2D eigenvalue weighted by Gasteiger charge is 2.33. The van der Waals surface area contributed by atoms with Crippen LogP contribution in [-0.2, 0) is 9.53 Å². The lowest BCUT2D eigenvalue weighted by Gasteiger charge is -2.35. The van der Waals surface area contributed by atoms with Crippen molar-refractivity contribution in [2.75, 3.05) is 6.61 Å². The molecule has 0 heterocycles. The predicted octanol–water partition coefficient (Wildman–Crippen LogP) is 4.97.